The second kappa shape index (κ2) is 7.13. The van der Waals surface area contributed by atoms with Crippen molar-refractivity contribution in [3.05, 3.63) is 60.2 Å². The van der Waals surface area contributed by atoms with Crippen LogP contribution in [0, 0.1) is 0 Å². The third-order valence-electron chi connectivity index (χ3n) is 4.01. The second-order valence-corrected chi connectivity index (χ2v) is 5.43. The topological polar surface area (TPSA) is 66.3 Å². The number of nitrogens with zero attached hydrogens (tertiary/aromatic N) is 3. The fourth-order valence-electron chi connectivity index (χ4n) is 2.29. The van der Waals surface area contributed by atoms with Crippen LogP contribution in [0.25, 0.3) is 0 Å². The van der Waals surface area contributed by atoms with E-state index in [0.717, 1.165) is 11.4 Å². The lowest BCUT2D eigenvalue weighted by molar-refractivity contribution is -0.151. The van der Waals surface area contributed by atoms with E-state index >= 15 is 0 Å². The van der Waals surface area contributed by atoms with Crippen molar-refractivity contribution in [3.63, 3.8) is 0 Å². The Bertz CT molecular complexity index is 562. The molecule has 5 nitrogen and oxygen atoms in total. The molecule has 2 aromatic rings. The molecule has 0 radical (unpaired) electrons. The summed E-state index contributed by atoms with van der Waals surface area (Å²) in [7, 11) is 0. The Kier molecular flexibility index (Phi) is 5.22. The molecule has 0 bridgehead atoms. The van der Waals surface area contributed by atoms with Crippen LogP contribution in [-0.2, 0) is 17.9 Å². The van der Waals surface area contributed by atoms with Gasteiger partial charge < -0.3 is 5.11 Å². The highest BCUT2D eigenvalue weighted by atomic mass is 16.4. The molecular formula is C17H21N3O2. The van der Waals surface area contributed by atoms with Crippen LogP contribution in [0.2, 0.25) is 0 Å². The second-order valence-electron chi connectivity index (χ2n) is 5.43. The lowest BCUT2D eigenvalue weighted by Gasteiger charge is -2.37. The molecule has 0 aliphatic rings. The molecule has 0 spiro atoms. The zero-order valence-electron chi connectivity index (χ0n) is 12.9. The normalized spacial score (nSPS) is 13.8. The molecule has 0 saturated heterocycles. The Hall–Kier alpha value is -2.27. The summed E-state index contributed by atoms with van der Waals surface area (Å²) in [6.45, 7) is 4.57. The molecule has 2 rings (SSSR count). The van der Waals surface area contributed by atoms with Gasteiger partial charge in [-0.05, 0) is 37.6 Å². The van der Waals surface area contributed by atoms with Crippen molar-refractivity contribution < 1.29 is 9.90 Å². The molecule has 0 aliphatic carbocycles. The van der Waals surface area contributed by atoms with Crippen LogP contribution in [0.5, 0.6) is 0 Å². The molecule has 116 valence electrons. The van der Waals surface area contributed by atoms with Gasteiger partial charge in [-0.1, -0.05) is 19.1 Å². The summed E-state index contributed by atoms with van der Waals surface area (Å²) >= 11 is 0. The number of hydrogen-bond acceptors (Lipinski definition) is 4. The standard InChI is InChI=1S/C17H21N3O2/c1-3-17(2,16(21)22)20(12-14-8-4-6-10-18-14)13-15-9-5-7-11-19-15/h4-11H,3,12-13H2,1-2H3,(H,21,22). The maximum absolute atomic E-state index is 11.8. The quantitative estimate of drug-likeness (QED) is 0.851. The van der Waals surface area contributed by atoms with Crippen LogP contribution in [0.4, 0.5) is 0 Å². The van der Waals surface area contributed by atoms with Crippen molar-refractivity contribution in [2.45, 2.75) is 38.9 Å². The Morgan fingerprint density at radius 3 is 1.91 bits per heavy atom. The van der Waals surface area contributed by atoms with Gasteiger partial charge in [-0.3, -0.25) is 19.7 Å². The molecule has 0 fully saturated rings. The summed E-state index contributed by atoms with van der Waals surface area (Å²) < 4.78 is 0. The molecule has 1 atom stereocenters. The average molecular weight is 299 g/mol. The zero-order chi connectivity index (χ0) is 16.0. The molecule has 0 amide bonds. The lowest BCUT2D eigenvalue weighted by atomic mass is 9.95. The van der Waals surface area contributed by atoms with Gasteiger partial charge in [0.15, 0.2) is 0 Å². The average Bonchev–Trinajstić information content (AvgIpc) is 2.55. The number of aromatic nitrogens is 2. The molecule has 2 heterocycles. The van der Waals surface area contributed by atoms with Crippen molar-refractivity contribution >= 4 is 5.97 Å². The molecule has 1 N–H and O–H groups in total. The van der Waals surface area contributed by atoms with Gasteiger partial charge >= 0.3 is 5.97 Å². The number of aliphatic carboxylic acids is 1. The largest absolute Gasteiger partial charge is 0.480 e. The number of hydrogen-bond donors (Lipinski definition) is 1. The van der Waals surface area contributed by atoms with E-state index in [9.17, 15) is 9.90 Å². The van der Waals surface area contributed by atoms with E-state index in [0.29, 0.717) is 19.5 Å². The summed E-state index contributed by atoms with van der Waals surface area (Å²) in [5.74, 6) is -0.832. The summed E-state index contributed by atoms with van der Waals surface area (Å²) in [4.78, 5) is 22.3. The van der Waals surface area contributed by atoms with E-state index in [2.05, 4.69) is 9.97 Å². The van der Waals surface area contributed by atoms with Gasteiger partial charge in [0.05, 0.1) is 11.4 Å². The molecule has 0 saturated carbocycles. The third kappa shape index (κ3) is 3.68. The Balaban J connectivity index is 2.29. The van der Waals surface area contributed by atoms with Crippen LogP contribution in [0.3, 0.4) is 0 Å². The van der Waals surface area contributed by atoms with Gasteiger partial charge in [0.2, 0.25) is 0 Å². The zero-order valence-corrected chi connectivity index (χ0v) is 12.9. The number of carboxylic acids is 1. The van der Waals surface area contributed by atoms with Gasteiger partial charge in [-0.15, -0.1) is 0 Å². The van der Waals surface area contributed by atoms with E-state index in [1.165, 1.54) is 0 Å². The van der Waals surface area contributed by atoms with Crippen LogP contribution in [0.1, 0.15) is 31.7 Å². The minimum atomic E-state index is -0.963. The van der Waals surface area contributed by atoms with Crippen molar-refractivity contribution in [2.75, 3.05) is 0 Å². The van der Waals surface area contributed by atoms with E-state index in [4.69, 9.17) is 0 Å². The lowest BCUT2D eigenvalue weighted by Crippen LogP contribution is -2.51. The fourth-order valence-corrected chi connectivity index (χ4v) is 2.29. The van der Waals surface area contributed by atoms with Gasteiger partial charge in [0.25, 0.3) is 0 Å². The Morgan fingerprint density at radius 2 is 1.59 bits per heavy atom. The Morgan fingerprint density at radius 1 is 1.09 bits per heavy atom. The highest BCUT2D eigenvalue weighted by molar-refractivity contribution is 5.78. The first kappa shape index (κ1) is 16.1. The van der Waals surface area contributed by atoms with Crippen molar-refractivity contribution in [3.8, 4) is 0 Å². The molecule has 0 aromatic carbocycles. The maximum atomic E-state index is 11.8. The van der Waals surface area contributed by atoms with E-state index < -0.39 is 11.5 Å². The van der Waals surface area contributed by atoms with Crippen LogP contribution in [0.15, 0.2) is 48.8 Å². The van der Waals surface area contributed by atoms with Crippen LogP contribution >= 0.6 is 0 Å². The molecule has 2 aromatic heterocycles. The van der Waals surface area contributed by atoms with Gasteiger partial charge in [-0.2, -0.15) is 0 Å². The molecular weight excluding hydrogens is 278 g/mol. The fraction of sp³-hybridized carbons (Fsp3) is 0.353. The van der Waals surface area contributed by atoms with Gasteiger partial charge in [0.1, 0.15) is 5.54 Å². The van der Waals surface area contributed by atoms with Crippen LogP contribution in [-0.4, -0.2) is 31.5 Å². The summed E-state index contributed by atoms with van der Waals surface area (Å²) in [5.41, 5.74) is 0.730. The summed E-state index contributed by atoms with van der Waals surface area (Å²) in [6, 6.07) is 11.3. The minimum absolute atomic E-state index is 0.466. The van der Waals surface area contributed by atoms with Gasteiger partial charge in [-0.25, -0.2) is 0 Å². The van der Waals surface area contributed by atoms with Crippen molar-refractivity contribution in [1.29, 1.82) is 0 Å². The molecule has 5 heteroatoms. The highest BCUT2D eigenvalue weighted by Gasteiger charge is 2.38. The number of pyridine rings is 2. The van der Waals surface area contributed by atoms with Crippen molar-refractivity contribution in [2.24, 2.45) is 0 Å². The van der Waals surface area contributed by atoms with Crippen molar-refractivity contribution in [1.82, 2.24) is 14.9 Å². The monoisotopic (exact) mass is 299 g/mol. The number of carboxylic acid groups (broad SMARTS) is 1. The predicted octanol–water partition coefficient (Wildman–Crippen LogP) is 2.73. The van der Waals surface area contributed by atoms with Crippen LogP contribution < -0.4 is 0 Å². The minimum Gasteiger partial charge on any atom is -0.480 e. The first-order valence-corrected chi connectivity index (χ1v) is 7.34. The summed E-state index contributed by atoms with van der Waals surface area (Å²) in [5, 5.41) is 9.68. The number of carbonyl (C=O) groups is 1. The van der Waals surface area contributed by atoms with E-state index in [1.54, 1.807) is 19.3 Å². The molecule has 1 unspecified atom stereocenters. The van der Waals surface area contributed by atoms with Gasteiger partial charge in [0, 0.05) is 25.5 Å². The smallest absolute Gasteiger partial charge is 0.323 e. The highest BCUT2D eigenvalue weighted by Crippen LogP contribution is 2.24. The Labute approximate surface area is 130 Å². The van der Waals surface area contributed by atoms with E-state index in [-0.39, 0.29) is 0 Å². The molecule has 0 aliphatic heterocycles. The third-order valence-corrected chi connectivity index (χ3v) is 4.01. The SMILES string of the molecule is CCC(C)(C(=O)O)N(Cc1ccccn1)Cc1ccccn1. The van der Waals surface area contributed by atoms with E-state index in [1.807, 2.05) is 48.2 Å². The maximum Gasteiger partial charge on any atom is 0.323 e. The predicted molar refractivity (Wildman–Crippen MR) is 84.1 cm³/mol. The first-order chi connectivity index (χ1) is 10.6. The molecule has 22 heavy (non-hydrogen) atoms. The first-order valence-electron chi connectivity index (χ1n) is 7.34. The number of rotatable bonds is 7. The summed E-state index contributed by atoms with van der Waals surface area (Å²) in [6.07, 6.45) is 3.94.